The van der Waals surface area contributed by atoms with E-state index in [4.69, 9.17) is 0 Å². The van der Waals surface area contributed by atoms with Gasteiger partial charge < -0.3 is 4.90 Å². The fourth-order valence-electron chi connectivity index (χ4n) is 2.79. The van der Waals surface area contributed by atoms with Crippen LogP contribution in [-0.4, -0.2) is 33.0 Å². The van der Waals surface area contributed by atoms with Gasteiger partial charge in [-0.25, -0.2) is 4.39 Å². The Morgan fingerprint density at radius 3 is 2.69 bits per heavy atom. The van der Waals surface area contributed by atoms with Crippen molar-refractivity contribution in [1.82, 2.24) is 20.1 Å². The summed E-state index contributed by atoms with van der Waals surface area (Å²) in [6, 6.07) is 11.7. The van der Waals surface area contributed by atoms with Crippen molar-refractivity contribution in [1.29, 1.82) is 0 Å². The van der Waals surface area contributed by atoms with Crippen LogP contribution in [0, 0.1) is 5.82 Å². The van der Waals surface area contributed by atoms with Gasteiger partial charge >= 0.3 is 0 Å². The zero-order valence-corrected chi connectivity index (χ0v) is 14.9. The number of amides is 1. The van der Waals surface area contributed by atoms with Gasteiger partial charge in [0.25, 0.3) is 5.91 Å². The minimum Gasteiger partial charge on any atom is -0.336 e. The number of nitrogens with zero attached hydrogens (tertiary/aromatic N) is 3. The third kappa shape index (κ3) is 3.96. The number of H-pyrrole nitrogens is 1. The summed E-state index contributed by atoms with van der Waals surface area (Å²) in [6.45, 7) is 2.55. The maximum Gasteiger partial charge on any atom is 0.253 e. The Bertz CT molecular complexity index is 889. The maximum atomic E-state index is 13.8. The lowest BCUT2D eigenvalue weighted by molar-refractivity contribution is 0.0783. The fourth-order valence-corrected chi connectivity index (χ4v) is 2.79. The number of hydrogen-bond acceptors (Lipinski definition) is 3. The molecule has 5 nitrogen and oxygen atoms in total. The van der Waals surface area contributed by atoms with Crippen LogP contribution in [0.2, 0.25) is 0 Å². The summed E-state index contributed by atoms with van der Waals surface area (Å²) in [4.78, 5) is 18.3. The number of halogens is 1. The molecule has 1 aromatic carbocycles. The predicted molar refractivity (Wildman–Crippen MR) is 98.0 cm³/mol. The number of aryl methyl sites for hydroxylation is 1. The van der Waals surface area contributed by atoms with E-state index in [1.807, 2.05) is 6.07 Å². The number of aromatic nitrogens is 3. The highest BCUT2D eigenvalue weighted by Crippen LogP contribution is 2.21. The van der Waals surface area contributed by atoms with Crippen LogP contribution in [0.25, 0.3) is 11.3 Å². The van der Waals surface area contributed by atoms with Gasteiger partial charge in [0.05, 0.1) is 17.9 Å². The highest BCUT2D eigenvalue weighted by molar-refractivity contribution is 5.94. The molecule has 0 aliphatic heterocycles. The molecular formula is C20H21FN4O. The molecule has 0 radical (unpaired) electrons. The number of aromatic amines is 1. The zero-order valence-electron chi connectivity index (χ0n) is 14.9. The van der Waals surface area contributed by atoms with Gasteiger partial charge in [-0.05, 0) is 36.8 Å². The molecule has 0 aliphatic carbocycles. The van der Waals surface area contributed by atoms with Crippen molar-refractivity contribution >= 4 is 5.91 Å². The average molecular weight is 352 g/mol. The van der Waals surface area contributed by atoms with Crippen LogP contribution in [0.5, 0.6) is 0 Å². The van der Waals surface area contributed by atoms with E-state index < -0.39 is 0 Å². The second kappa shape index (κ2) is 7.91. The third-order valence-corrected chi connectivity index (χ3v) is 4.11. The lowest BCUT2D eigenvalue weighted by Gasteiger charge is -2.16. The Labute approximate surface area is 151 Å². The summed E-state index contributed by atoms with van der Waals surface area (Å²) < 4.78 is 13.8. The van der Waals surface area contributed by atoms with E-state index in [0.717, 1.165) is 24.2 Å². The number of rotatable bonds is 6. The molecule has 134 valence electrons. The lowest BCUT2D eigenvalue weighted by atomic mass is 10.1. The smallest absolute Gasteiger partial charge is 0.253 e. The number of carbonyl (C=O) groups excluding carboxylic acids is 1. The lowest BCUT2D eigenvalue weighted by Crippen LogP contribution is -2.26. The van der Waals surface area contributed by atoms with Crippen molar-refractivity contribution in [3.63, 3.8) is 0 Å². The summed E-state index contributed by atoms with van der Waals surface area (Å²) in [5, 5.41) is 7.21. The molecule has 2 heterocycles. The highest BCUT2D eigenvalue weighted by atomic mass is 19.1. The number of carbonyl (C=O) groups is 1. The number of benzene rings is 1. The summed E-state index contributed by atoms with van der Waals surface area (Å²) in [7, 11) is 1.75. The van der Waals surface area contributed by atoms with Crippen LogP contribution in [-0.2, 0) is 13.0 Å². The van der Waals surface area contributed by atoms with Crippen molar-refractivity contribution in [2.75, 3.05) is 7.05 Å². The molecule has 0 atom stereocenters. The van der Waals surface area contributed by atoms with Crippen molar-refractivity contribution < 1.29 is 9.18 Å². The van der Waals surface area contributed by atoms with Crippen molar-refractivity contribution in [2.45, 2.75) is 26.3 Å². The van der Waals surface area contributed by atoms with E-state index in [1.165, 1.54) is 6.07 Å². The Balaban J connectivity index is 1.70. The van der Waals surface area contributed by atoms with Gasteiger partial charge in [0.1, 0.15) is 11.5 Å². The minimum absolute atomic E-state index is 0.107. The Morgan fingerprint density at radius 2 is 2.00 bits per heavy atom. The highest BCUT2D eigenvalue weighted by Gasteiger charge is 2.14. The quantitative estimate of drug-likeness (QED) is 0.733. The Hall–Kier alpha value is -3.02. The van der Waals surface area contributed by atoms with E-state index in [-0.39, 0.29) is 17.4 Å². The molecule has 6 heteroatoms. The predicted octanol–water partition coefficient (Wildman–Crippen LogP) is 3.84. The summed E-state index contributed by atoms with van der Waals surface area (Å²) >= 11 is 0. The van der Waals surface area contributed by atoms with Gasteiger partial charge in [0.15, 0.2) is 0 Å². The zero-order chi connectivity index (χ0) is 18.5. The summed E-state index contributed by atoms with van der Waals surface area (Å²) in [6.07, 6.45) is 3.49. The number of pyridine rings is 1. The molecule has 3 rings (SSSR count). The number of hydrogen-bond donors (Lipinski definition) is 1. The molecule has 2 aromatic heterocycles. The monoisotopic (exact) mass is 352 g/mol. The van der Waals surface area contributed by atoms with Gasteiger partial charge in [-0.1, -0.05) is 25.5 Å². The molecule has 3 aromatic rings. The van der Waals surface area contributed by atoms with Crippen molar-refractivity contribution in [3.8, 4) is 11.3 Å². The van der Waals surface area contributed by atoms with E-state index in [2.05, 4.69) is 22.1 Å². The SMILES string of the molecule is CCCc1cc(CN(C)C(=O)c2ccc(-c3ncccc3F)cc2)[nH]n1. The average Bonchev–Trinajstić information content (AvgIpc) is 3.09. The van der Waals surface area contributed by atoms with Gasteiger partial charge in [0.2, 0.25) is 0 Å². The topological polar surface area (TPSA) is 61.9 Å². The molecule has 0 aliphatic rings. The fraction of sp³-hybridized carbons (Fsp3) is 0.250. The first-order chi connectivity index (χ1) is 12.6. The Kier molecular flexibility index (Phi) is 5.41. The molecule has 0 saturated heterocycles. The minimum atomic E-state index is -0.383. The second-order valence-corrected chi connectivity index (χ2v) is 6.21. The van der Waals surface area contributed by atoms with Crippen LogP contribution >= 0.6 is 0 Å². The molecule has 0 saturated carbocycles. The molecule has 0 unspecified atom stereocenters. The van der Waals surface area contributed by atoms with E-state index >= 15 is 0 Å². The third-order valence-electron chi connectivity index (χ3n) is 4.11. The van der Waals surface area contributed by atoms with Gasteiger partial charge in [-0.2, -0.15) is 5.10 Å². The van der Waals surface area contributed by atoms with Crippen LogP contribution in [0.3, 0.4) is 0 Å². The molecule has 0 bridgehead atoms. The first kappa shape index (κ1) is 17.8. The summed E-state index contributed by atoms with van der Waals surface area (Å²) in [5.74, 6) is -0.490. The Morgan fingerprint density at radius 1 is 1.23 bits per heavy atom. The van der Waals surface area contributed by atoms with E-state index in [9.17, 15) is 9.18 Å². The van der Waals surface area contributed by atoms with Gasteiger partial charge in [0, 0.05) is 24.4 Å². The first-order valence-corrected chi connectivity index (χ1v) is 8.58. The first-order valence-electron chi connectivity index (χ1n) is 8.58. The normalized spacial score (nSPS) is 10.7. The van der Waals surface area contributed by atoms with E-state index in [0.29, 0.717) is 17.7 Å². The summed E-state index contributed by atoms with van der Waals surface area (Å²) in [5.41, 5.74) is 3.36. The van der Waals surface area contributed by atoms with Gasteiger partial charge in [-0.3, -0.25) is 14.9 Å². The molecule has 26 heavy (non-hydrogen) atoms. The standard InChI is InChI=1S/C20H21FN4O/c1-3-5-16-12-17(24-23-16)13-25(2)20(26)15-9-7-14(8-10-15)19-18(21)6-4-11-22-19/h4,6-12H,3,5,13H2,1-2H3,(H,23,24). The van der Waals surface area contributed by atoms with Gasteiger partial charge in [-0.15, -0.1) is 0 Å². The maximum absolute atomic E-state index is 13.8. The van der Waals surface area contributed by atoms with E-state index in [1.54, 1.807) is 48.5 Å². The molecular weight excluding hydrogens is 331 g/mol. The van der Waals surface area contributed by atoms with Crippen LogP contribution < -0.4 is 0 Å². The molecule has 1 amide bonds. The largest absolute Gasteiger partial charge is 0.336 e. The number of nitrogens with one attached hydrogen (secondary N) is 1. The van der Waals surface area contributed by atoms with Crippen molar-refractivity contribution in [3.05, 3.63) is 71.4 Å². The van der Waals surface area contributed by atoms with Crippen LogP contribution in [0.4, 0.5) is 4.39 Å². The van der Waals surface area contributed by atoms with Crippen LogP contribution in [0.15, 0.2) is 48.7 Å². The molecule has 0 spiro atoms. The molecule has 0 fully saturated rings. The molecule has 1 N–H and O–H groups in total. The van der Waals surface area contributed by atoms with Crippen LogP contribution in [0.1, 0.15) is 35.1 Å². The second-order valence-electron chi connectivity index (χ2n) is 6.21. The van der Waals surface area contributed by atoms with Crippen molar-refractivity contribution in [2.24, 2.45) is 0 Å².